The Balaban J connectivity index is 1.87. The van der Waals surface area contributed by atoms with E-state index in [0.717, 1.165) is 43.2 Å². The van der Waals surface area contributed by atoms with Crippen molar-refractivity contribution >= 4 is 22.4 Å². The topological polar surface area (TPSA) is 53.4 Å². The molecule has 110 valence electrons. The van der Waals surface area contributed by atoms with Gasteiger partial charge in [-0.25, -0.2) is 4.98 Å². The number of hydrogen-bond acceptors (Lipinski definition) is 4. The molecule has 1 fully saturated rings. The first kappa shape index (κ1) is 13.9. The van der Waals surface area contributed by atoms with E-state index in [9.17, 15) is 9.90 Å². The van der Waals surface area contributed by atoms with Crippen LogP contribution in [-0.2, 0) is 11.2 Å². The number of anilines is 1. The Morgan fingerprint density at radius 3 is 2.70 bits per heavy atom. The Hall–Kier alpha value is -1.10. The second-order valence-electron chi connectivity index (χ2n) is 6.44. The van der Waals surface area contributed by atoms with Gasteiger partial charge in [-0.3, -0.25) is 4.79 Å². The van der Waals surface area contributed by atoms with Gasteiger partial charge in [0.2, 0.25) is 0 Å². The molecule has 0 radical (unpaired) electrons. The number of carboxylic acids is 1. The van der Waals surface area contributed by atoms with Crippen molar-refractivity contribution in [3.05, 3.63) is 10.6 Å². The van der Waals surface area contributed by atoms with Gasteiger partial charge in [0.25, 0.3) is 0 Å². The third kappa shape index (κ3) is 2.55. The maximum Gasteiger partial charge on any atom is 0.312 e. The second kappa shape index (κ2) is 5.35. The van der Waals surface area contributed by atoms with Crippen molar-refractivity contribution in [1.29, 1.82) is 0 Å². The number of piperidine rings is 1. The SMILES string of the molecule is CC1CC(C)CN(c2nc3c(s2)CCCC3C(=O)O)C1. The minimum Gasteiger partial charge on any atom is -0.481 e. The molecule has 3 atom stereocenters. The molecule has 1 aliphatic heterocycles. The molecular formula is C15H22N2O2S. The summed E-state index contributed by atoms with van der Waals surface area (Å²) < 4.78 is 0. The molecule has 4 nitrogen and oxygen atoms in total. The zero-order chi connectivity index (χ0) is 14.3. The summed E-state index contributed by atoms with van der Waals surface area (Å²) in [4.78, 5) is 19.6. The largest absolute Gasteiger partial charge is 0.481 e. The Morgan fingerprint density at radius 2 is 2.05 bits per heavy atom. The van der Waals surface area contributed by atoms with Crippen molar-refractivity contribution in [2.75, 3.05) is 18.0 Å². The van der Waals surface area contributed by atoms with E-state index in [0.29, 0.717) is 11.8 Å². The average molecular weight is 294 g/mol. The number of carbonyl (C=O) groups is 1. The highest BCUT2D eigenvalue weighted by Crippen LogP contribution is 2.39. The van der Waals surface area contributed by atoms with Crippen LogP contribution in [-0.4, -0.2) is 29.1 Å². The Morgan fingerprint density at radius 1 is 1.35 bits per heavy atom. The lowest BCUT2D eigenvalue weighted by atomic mass is 9.91. The van der Waals surface area contributed by atoms with Crippen molar-refractivity contribution in [2.45, 2.75) is 45.4 Å². The normalized spacial score (nSPS) is 30.1. The smallest absolute Gasteiger partial charge is 0.312 e. The van der Waals surface area contributed by atoms with E-state index in [1.807, 2.05) is 0 Å². The van der Waals surface area contributed by atoms with Crippen LogP contribution >= 0.6 is 11.3 Å². The van der Waals surface area contributed by atoms with Gasteiger partial charge < -0.3 is 10.0 Å². The summed E-state index contributed by atoms with van der Waals surface area (Å²) in [6.07, 6.45) is 3.98. The lowest BCUT2D eigenvalue weighted by Gasteiger charge is -2.34. The predicted octanol–water partition coefficient (Wildman–Crippen LogP) is 3.13. The van der Waals surface area contributed by atoms with E-state index in [4.69, 9.17) is 4.98 Å². The van der Waals surface area contributed by atoms with Crippen molar-refractivity contribution in [3.63, 3.8) is 0 Å². The molecule has 3 rings (SSSR count). The minimum atomic E-state index is -0.719. The third-order valence-corrected chi connectivity index (χ3v) is 5.57. The Bertz CT molecular complexity index is 504. The van der Waals surface area contributed by atoms with Crippen LogP contribution in [0.25, 0.3) is 0 Å². The molecule has 20 heavy (non-hydrogen) atoms. The summed E-state index contributed by atoms with van der Waals surface area (Å²) in [5.41, 5.74) is 0.842. The number of hydrogen-bond donors (Lipinski definition) is 1. The van der Waals surface area contributed by atoms with E-state index in [1.54, 1.807) is 11.3 Å². The summed E-state index contributed by atoms with van der Waals surface area (Å²) in [5.74, 6) is 0.275. The van der Waals surface area contributed by atoms with Crippen LogP contribution in [0.1, 0.15) is 49.6 Å². The van der Waals surface area contributed by atoms with Gasteiger partial charge >= 0.3 is 5.97 Å². The number of fused-ring (bicyclic) bond motifs is 1. The van der Waals surface area contributed by atoms with Crippen LogP contribution in [0.15, 0.2) is 0 Å². The van der Waals surface area contributed by atoms with E-state index < -0.39 is 5.97 Å². The monoisotopic (exact) mass is 294 g/mol. The van der Waals surface area contributed by atoms with Gasteiger partial charge in [0.15, 0.2) is 5.13 Å². The number of aryl methyl sites for hydroxylation is 1. The molecule has 1 aliphatic carbocycles. The van der Waals surface area contributed by atoms with Crippen molar-refractivity contribution < 1.29 is 9.90 Å². The lowest BCUT2D eigenvalue weighted by Crippen LogP contribution is -2.38. The van der Waals surface area contributed by atoms with Crippen molar-refractivity contribution in [1.82, 2.24) is 4.98 Å². The fraction of sp³-hybridized carbons (Fsp3) is 0.733. The highest BCUT2D eigenvalue weighted by atomic mass is 32.1. The highest BCUT2D eigenvalue weighted by Gasteiger charge is 2.32. The van der Waals surface area contributed by atoms with Gasteiger partial charge in [0, 0.05) is 18.0 Å². The maximum atomic E-state index is 11.4. The summed E-state index contributed by atoms with van der Waals surface area (Å²) in [6.45, 7) is 6.68. The van der Waals surface area contributed by atoms with E-state index in [-0.39, 0.29) is 5.92 Å². The van der Waals surface area contributed by atoms with Crippen LogP contribution in [0.2, 0.25) is 0 Å². The number of aliphatic carboxylic acids is 1. The van der Waals surface area contributed by atoms with Gasteiger partial charge in [0.1, 0.15) is 5.92 Å². The van der Waals surface area contributed by atoms with Gasteiger partial charge in [-0.05, 0) is 37.5 Å². The zero-order valence-corrected chi connectivity index (χ0v) is 12.9. The Labute approximate surface area is 123 Å². The lowest BCUT2D eigenvalue weighted by molar-refractivity contribution is -0.139. The summed E-state index contributed by atoms with van der Waals surface area (Å²) >= 11 is 1.72. The van der Waals surface area contributed by atoms with Crippen LogP contribution in [0.5, 0.6) is 0 Å². The molecule has 0 bridgehead atoms. The van der Waals surface area contributed by atoms with Crippen molar-refractivity contribution in [2.24, 2.45) is 11.8 Å². The molecule has 1 aromatic rings. The number of thiazole rings is 1. The fourth-order valence-electron chi connectivity index (χ4n) is 3.60. The summed E-state index contributed by atoms with van der Waals surface area (Å²) in [6, 6.07) is 0. The first-order valence-electron chi connectivity index (χ1n) is 7.52. The van der Waals surface area contributed by atoms with Crippen LogP contribution < -0.4 is 4.90 Å². The first-order valence-corrected chi connectivity index (χ1v) is 8.33. The molecule has 1 aromatic heterocycles. The third-order valence-electron chi connectivity index (χ3n) is 4.38. The fourth-order valence-corrected chi connectivity index (χ4v) is 4.78. The second-order valence-corrected chi connectivity index (χ2v) is 7.50. The number of carboxylic acid groups (broad SMARTS) is 1. The molecule has 1 saturated heterocycles. The molecule has 2 heterocycles. The molecule has 1 N–H and O–H groups in total. The van der Waals surface area contributed by atoms with Gasteiger partial charge in [-0.2, -0.15) is 0 Å². The van der Waals surface area contributed by atoms with E-state index >= 15 is 0 Å². The van der Waals surface area contributed by atoms with Gasteiger partial charge in [0.05, 0.1) is 5.69 Å². The maximum absolute atomic E-state index is 11.4. The Kier molecular flexibility index (Phi) is 3.71. The van der Waals surface area contributed by atoms with Gasteiger partial charge in [-0.1, -0.05) is 13.8 Å². The molecule has 0 aromatic carbocycles. The highest BCUT2D eigenvalue weighted by molar-refractivity contribution is 7.15. The molecule has 3 unspecified atom stereocenters. The molecular weight excluding hydrogens is 272 g/mol. The standard InChI is InChI=1S/C15H22N2O2S/c1-9-6-10(2)8-17(7-9)15-16-13-11(14(18)19)4-3-5-12(13)20-15/h9-11H,3-8H2,1-2H3,(H,18,19). The van der Waals surface area contributed by atoms with Crippen LogP contribution in [0.4, 0.5) is 5.13 Å². The molecule has 2 aliphatic rings. The predicted molar refractivity (Wildman–Crippen MR) is 80.6 cm³/mol. The molecule has 5 heteroatoms. The van der Waals surface area contributed by atoms with Crippen molar-refractivity contribution in [3.8, 4) is 0 Å². The first-order chi connectivity index (χ1) is 9.54. The molecule has 0 spiro atoms. The summed E-state index contributed by atoms with van der Waals surface area (Å²) in [7, 11) is 0. The van der Waals surface area contributed by atoms with Gasteiger partial charge in [-0.15, -0.1) is 11.3 Å². The minimum absolute atomic E-state index is 0.386. The average Bonchev–Trinajstić information content (AvgIpc) is 2.80. The molecule has 0 amide bonds. The van der Waals surface area contributed by atoms with E-state index in [2.05, 4.69) is 18.7 Å². The number of nitrogens with zero attached hydrogens (tertiary/aromatic N) is 2. The quantitative estimate of drug-likeness (QED) is 0.910. The number of aromatic nitrogens is 1. The number of rotatable bonds is 2. The zero-order valence-electron chi connectivity index (χ0n) is 12.1. The molecule has 0 saturated carbocycles. The van der Waals surface area contributed by atoms with Crippen LogP contribution in [0.3, 0.4) is 0 Å². The summed E-state index contributed by atoms with van der Waals surface area (Å²) in [5, 5.41) is 10.4. The van der Waals surface area contributed by atoms with E-state index in [1.165, 1.54) is 11.3 Å². The van der Waals surface area contributed by atoms with Crippen LogP contribution in [0, 0.1) is 11.8 Å².